The van der Waals surface area contributed by atoms with Gasteiger partial charge in [0.1, 0.15) is 23.3 Å². The summed E-state index contributed by atoms with van der Waals surface area (Å²) in [5, 5.41) is 16.0. The molecule has 2 aromatic heterocycles. The number of carbonyl (C=O) groups excluding carboxylic acids is 1. The minimum atomic E-state index is -3.50. The third-order valence-corrected chi connectivity index (χ3v) is 7.58. The van der Waals surface area contributed by atoms with Gasteiger partial charge in [-0.25, -0.2) is 13.2 Å². The topological polar surface area (TPSA) is 130 Å². The van der Waals surface area contributed by atoms with E-state index in [-0.39, 0.29) is 17.5 Å². The summed E-state index contributed by atoms with van der Waals surface area (Å²) in [6.45, 7) is 8.19. The third-order valence-electron chi connectivity index (χ3n) is 6.42. The predicted octanol–water partition coefficient (Wildman–Crippen LogP) is 4.15. The molecule has 1 N–H and O–H groups in total. The van der Waals surface area contributed by atoms with Crippen LogP contribution in [0.2, 0.25) is 0 Å². The number of rotatable bonds is 5. The van der Waals surface area contributed by atoms with Gasteiger partial charge in [-0.15, -0.1) is 0 Å². The van der Waals surface area contributed by atoms with E-state index in [1.807, 2.05) is 40.0 Å². The molecule has 198 valence electrons. The van der Waals surface area contributed by atoms with Crippen LogP contribution in [0.15, 0.2) is 41.6 Å². The Bertz CT molecular complexity index is 1720. The molecule has 4 aromatic rings. The van der Waals surface area contributed by atoms with Crippen molar-refractivity contribution < 1.29 is 22.7 Å². The third kappa shape index (κ3) is 4.79. The molecule has 0 radical (unpaired) electrons. The zero-order valence-electron chi connectivity index (χ0n) is 21.9. The van der Waals surface area contributed by atoms with Crippen LogP contribution in [-0.4, -0.2) is 65.2 Å². The number of aromatic amines is 1. The van der Waals surface area contributed by atoms with Gasteiger partial charge in [0.05, 0.1) is 30.1 Å². The molecule has 1 fully saturated rings. The van der Waals surface area contributed by atoms with Crippen LogP contribution < -0.4 is 4.74 Å². The summed E-state index contributed by atoms with van der Waals surface area (Å²) in [6.07, 6.45) is 4.08. The standard InChI is InChI=1S/C27H29N5O5S/c1-16-10-22(38(5,34)35)21(20-8-9-29-23(16)20)15-32-12-18-7-6-17(11-28)25(24(18)30-32)36-19-13-31(14-19)26(33)37-27(2,3)4/h6-10,12,19,29H,13-15H2,1-5H3. The fourth-order valence-electron chi connectivity index (χ4n) is 4.65. The lowest BCUT2D eigenvalue weighted by molar-refractivity contribution is -0.0218. The number of hydrogen-bond acceptors (Lipinski definition) is 7. The van der Waals surface area contributed by atoms with E-state index < -0.39 is 21.5 Å². The van der Waals surface area contributed by atoms with Crippen LogP contribution in [0.1, 0.15) is 37.5 Å². The second-order valence-electron chi connectivity index (χ2n) is 10.7. The number of nitriles is 1. The molecule has 11 heteroatoms. The fourth-order valence-corrected chi connectivity index (χ4v) is 5.66. The van der Waals surface area contributed by atoms with Gasteiger partial charge in [-0.05, 0) is 57.5 Å². The van der Waals surface area contributed by atoms with E-state index in [1.165, 1.54) is 6.26 Å². The van der Waals surface area contributed by atoms with E-state index >= 15 is 0 Å². The first-order valence-corrected chi connectivity index (χ1v) is 14.1. The van der Waals surface area contributed by atoms with E-state index in [9.17, 15) is 18.5 Å². The second kappa shape index (κ2) is 9.06. The first kappa shape index (κ1) is 25.6. The summed E-state index contributed by atoms with van der Waals surface area (Å²) < 4.78 is 38.5. The number of carbonyl (C=O) groups is 1. The zero-order valence-corrected chi connectivity index (χ0v) is 22.7. The van der Waals surface area contributed by atoms with E-state index in [0.29, 0.717) is 35.5 Å². The molecule has 1 aliphatic heterocycles. The molecule has 0 saturated carbocycles. The molecule has 0 aliphatic carbocycles. The summed E-state index contributed by atoms with van der Waals surface area (Å²) >= 11 is 0. The Labute approximate surface area is 220 Å². The number of H-pyrrole nitrogens is 1. The molecule has 38 heavy (non-hydrogen) atoms. The highest BCUT2D eigenvalue weighted by Gasteiger charge is 2.36. The van der Waals surface area contributed by atoms with Gasteiger partial charge in [0.15, 0.2) is 15.6 Å². The lowest BCUT2D eigenvalue weighted by atomic mass is 10.1. The molecule has 0 spiro atoms. The predicted molar refractivity (Wildman–Crippen MR) is 142 cm³/mol. The van der Waals surface area contributed by atoms with E-state index in [2.05, 4.69) is 11.1 Å². The monoisotopic (exact) mass is 535 g/mol. The maximum absolute atomic E-state index is 12.7. The first-order chi connectivity index (χ1) is 17.8. The molecule has 5 rings (SSSR count). The van der Waals surface area contributed by atoms with Gasteiger partial charge in [0.25, 0.3) is 0 Å². The fraction of sp³-hybridized carbons (Fsp3) is 0.370. The number of hydrogen-bond donors (Lipinski definition) is 1. The number of fused-ring (bicyclic) bond motifs is 2. The van der Waals surface area contributed by atoms with Crippen LogP contribution in [0.4, 0.5) is 4.79 Å². The van der Waals surface area contributed by atoms with Gasteiger partial charge >= 0.3 is 6.09 Å². The number of amides is 1. The van der Waals surface area contributed by atoms with Crippen molar-refractivity contribution in [2.45, 2.75) is 50.8 Å². The van der Waals surface area contributed by atoms with E-state index in [0.717, 1.165) is 21.9 Å². The molecule has 0 atom stereocenters. The molecule has 1 amide bonds. The van der Waals surface area contributed by atoms with E-state index in [4.69, 9.17) is 14.6 Å². The SMILES string of the molecule is Cc1cc(S(C)(=O)=O)c(Cn2cc3ccc(C#N)c(OC4CN(C(=O)OC(C)(C)C)C4)c3n2)c2cc[nH]c12. The molecule has 3 heterocycles. The molecule has 1 saturated heterocycles. The number of nitrogens with one attached hydrogen (secondary N) is 1. The van der Waals surface area contributed by atoms with Crippen LogP contribution in [-0.2, 0) is 21.1 Å². The largest absolute Gasteiger partial charge is 0.483 e. The number of ether oxygens (including phenoxy) is 2. The van der Waals surface area contributed by atoms with Crippen molar-refractivity contribution in [1.82, 2.24) is 19.7 Å². The molecule has 1 aliphatic rings. The highest BCUT2D eigenvalue weighted by Crippen LogP contribution is 2.33. The summed E-state index contributed by atoms with van der Waals surface area (Å²) in [6, 6.07) is 9.17. The Hall–Kier alpha value is -4.04. The Morgan fingerprint density at radius 3 is 2.66 bits per heavy atom. The minimum Gasteiger partial charge on any atom is -0.483 e. The van der Waals surface area contributed by atoms with Crippen LogP contribution in [0.5, 0.6) is 5.75 Å². The highest BCUT2D eigenvalue weighted by molar-refractivity contribution is 7.90. The number of likely N-dealkylation sites (tertiary alicyclic amines) is 1. The van der Waals surface area contributed by atoms with E-state index in [1.54, 1.807) is 34.0 Å². The highest BCUT2D eigenvalue weighted by atomic mass is 32.2. The lowest BCUT2D eigenvalue weighted by Gasteiger charge is -2.39. The Balaban J connectivity index is 1.46. The quantitative estimate of drug-likeness (QED) is 0.406. The number of aromatic nitrogens is 3. The van der Waals surface area contributed by atoms with Crippen LogP contribution in [0, 0.1) is 18.3 Å². The molecule has 2 aromatic carbocycles. The smallest absolute Gasteiger partial charge is 0.410 e. The maximum atomic E-state index is 12.7. The second-order valence-corrected chi connectivity index (χ2v) is 12.6. The average molecular weight is 536 g/mol. The Morgan fingerprint density at radius 2 is 2.00 bits per heavy atom. The summed E-state index contributed by atoms with van der Waals surface area (Å²) in [5.41, 5.74) is 2.60. The average Bonchev–Trinajstić information content (AvgIpc) is 3.43. The number of nitrogens with zero attached hydrogens (tertiary/aromatic N) is 4. The number of aryl methyl sites for hydroxylation is 1. The minimum absolute atomic E-state index is 0.211. The molecule has 0 unspecified atom stereocenters. The van der Waals surface area contributed by atoms with Crippen LogP contribution in [0.3, 0.4) is 0 Å². The molecule has 10 nitrogen and oxygen atoms in total. The van der Waals surface area contributed by atoms with Crippen molar-refractivity contribution in [2.75, 3.05) is 19.3 Å². The summed E-state index contributed by atoms with van der Waals surface area (Å²) in [4.78, 5) is 17.3. The van der Waals surface area contributed by atoms with Crippen LogP contribution >= 0.6 is 0 Å². The lowest BCUT2D eigenvalue weighted by Crippen LogP contribution is -2.57. The van der Waals surface area contributed by atoms with Crippen molar-refractivity contribution in [3.05, 3.63) is 53.3 Å². The van der Waals surface area contributed by atoms with Gasteiger partial charge in [0, 0.05) is 40.5 Å². The van der Waals surface area contributed by atoms with Gasteiger partial charge in [-0.3, -0.25) is 4.68 Å². The molecular weight excluding hydrogens is 506 g/mol. The summed E-state index contributed by atoms with van der Waals surface area (Å²) in [7, 11) is -3.50. The van der Waals surface area contributed by atoms with Gasteiger partial charge < -0.3 is 19.4 Å². The number of benzene rings is 2. The van der Waals surface area contributed by atoms with Crippen molar-refractivity contribution in [3.8, 4) is 11.8 Å². The Morgan fingerprint density at radius 1 is 1.26 bits per heavy atom. The first-order valence-electron chi connectivity index (χ1n) is 12.2. The van der Waals surface area contributed by atoms with Crippen molar-refractivity contribution >= 4 is 37.7 Å². The maximum Gasteiger partial charge on any atom is 0.410 e. The number of sulfone groups is 1. The summed E-state index contributed by atoms with van der Waals surface area (Å²) in [5.74, 6) is 0.344. The van der Waals surface area contributed by atoms with Crippen molar-refractivity contribution in [1.29, 1.82) is 5.26 Å². The van der Waals surface area contributed by atoms with Crippen molar-refractivity contribution in [3.63, 3.8) is 0 Å². The molecule has 0 bridgehead atoms. The van der Waals surface area contributed by atoms with Gasteiger partial charge in [-0.2, -0.15) is 10.4 Å². The Kier molecular flexibility index (Phi) is 6.10. The van der Waals surface area contributed by atoms with Crippen molar-refractivity contribution in [2.24, 2.45) is 0 Å². The van der Waals surface area contributed by atoms with Crippen LogP contribution in [0.25, 0.3) is 21.8 Å². The van der Waals surface area contributed by atoms with Gasteiger partial charge in [0.2, 0.25) is 0 Å². The molecular formula is C27H29N5O5S. The van der Waals surface area contributed by atoms with Gasteiger partial charge in [-0.1, -0.05) is 0 Å². The normalized spacial score (nSPS) is 14.5. The zero-order chi connectivity index (χ0) is 27.4.